The molecule has 0 aliphatic carbocycles. The predicted molar refractivity (Wildman–Crippen MR) is 63.7 cm³/mol. The number of nitro benzene ring substituents is 1. The molecule has 0 saturated heterocycles. The van der Waals surface area contributed by atoms with E-state index in [2.05, 4.69) is 0 Å². The predicted octanol–water partition coefficient (Wildman–Crippen LogP) is 1.15. The first-order valence-electron chi connectivity index (χ1n) is 5.37. The number of benzene rings is 1. The van der Waals surface area contributed by atoms with Crippen LogP contribution in [0.1, 0.15) is 16.8 Å². The van der Waals surface area contributed by atoms with Crippen LogP contribution in [0.25, 0.3) is 0 Å². The van der Waals surface area contributed by atoms with Gasteiger partial charge in [0.05, 0.1) is 10.5 Å². The molecule has 0 fully saturated rings. The highest BCUT2D eigenvalue weighted by Gasteiger charge is 2.19. The third-order valence-electron chi connectivity index (χ3n) is 2.44. The van der Waals surface area contributed by atoms with Crippen LogP contribution in [0, 0.1) is 15.9 Å². The first kappa shape index (κ1) is 14.0. The first-order valence-corrected chi connectivity index (χ1v) is 5.37. The van der Waals surface area contributed by atoms with Gasteiger partial charge in [0.1, 0.15) is 5.82 Å². The number of amides is 1. The summed E-state index contributed by atoms with van der Waals surface area (Å²) in [7, 11) is 1.50. The summed E-state index contributed by atoms with van der Waals surface area (Å²) in [6.07, 6.45) is 0.582. The number of carbonyl (C=O) groups excluding carboxylic acids is 1. The molecule has 0 atom stereocenters. The maximum Gasteiger partial charge on any atom is 0.270 e. The largest absolute Gasteiger partial charge is 0.342 e. The molecule has 1 aromatic carbocycles. The van der Waals surface area contributed by atoms with Crippen LogP contribution in [0.4, 0.5) is 10.1 Å². The van der Waals surface area contributed by atoms with Crippen molar-refractivity contribution >= 4 is 11.6 Å². The summed E-state index contributed by atoms with van der Waals surface area (Å²) in [5, 5.41) is 10.6. The van der Waals surface area contributed by atoms with Crippen LogP contribution in [-0.2, 0) is 0 Å². The molecule has 0 aliphatic rings. The first-order chi connectivity index (χ1) is 8.47. The summed E-state index contributed by atoms with van der Waals surface area (Å²) in [5.74, 6) is -1.37. The lowest BCUT2D eigenvalue weighted by Crippen LogP contribution is -2.29. The van der Waals surface area contributed by atoms with Crippen molar-refractivity contribution in [1.29, 1.82) is 0 Å². The normalized spacial score (nSPS) is 10.2. The topological polar surface area (TPSA) is 89.5 Å². The van der Waals surface area contributed by atoms with Gasteiger partial charge in [-0.1, -0.05) is 0 Å². The quantitative estimate of drug-likeness (QED) is 0.631. The molecule has 0 heterocycles. The van der Waals surface area contributed by atoms with Crippen LogP contribution in [0.5, 0.6) is 0 Å². The van der Waals surface area contributed by atoms with E-state index in [-0.39, 0.29) is 11.3 Å². The second-order valence-electron chi connectivity index (χ2n) is 3.79. The van der Waals surface area contributed by atoms with Crippen LogP contribution in [0.3, 0.4) is 0 Å². The van der Waals surface area contributed by atoms with E-state index in [9.17, 15) is 19.3 Å². The lowest BCUT2D eigenvalue weighted by Gasteiger charge is -2.16. The number of halogens is 1. The van der Waals surface area contributed by atoms with E-state index in [0.717, 1.165) is 18.2 Å². The van der Waals surface area contributed by atoms with Crippen molar-refractivity contribution in [3.63, 3.8) is 0 Å². The van der Waals surface area contributed by atoms with Gasteiger partial charge in [0.15, 0.2) is 0 Å². The number of hydrogen-bond donors (Lipinski definition) is 1. The molecule has 0 aliphatic heterocycles. The van der Waals surface area contributed by atoms with Gasteiger partial charge in [0, 0.05) is 25.7 Å². The van der Waals surface area contributed by atoms with E-state index < -0.39 is 16.6 Å². The molecule has 6 nitrogen and oxygen atoms in total. The standard InChI is InChI=1S/C11H14FN3O3/c1-14(6-2-5-13)11(16)9-7-8(15(17)18)3-4-10(9)12/h3-4,7H,2,5-6,13H2,1H3. The van der Waals surface area contributed by atoms with Crippen molar-refractivity contribution in [2.45, 2.75) is 6.42 Å². The van der Waals surface area contributed by atoms with Crippen LogP contribution in [0.15, 0.2) is 18.2 Å². The lowest BCUT2D eigenvalue weighted by molar-refractivity contribution is -0.384. The summed E-state index contributed by atoms with van der Waals surface area (Å²) in [4.78, 5) is 23.1. The molecule has 0 bridgehead atoms. The Bertz CT molecular complexity index is 465. The second kappa shape index (κ2) is 6.06. The van der Waals surface area contributed by atoms with E-state index >= 15 is 0 Å². The molecule has 0 unspecified atom stereocenters. The van der Waals surface area contributed by atoms with Crippen molar-refractivity contribution in [3.8, 4) is 0 Å². The average molecular weight is 255 g/mol. The van der Waals surface area contributed by atoms with Gasteiger partial charge in [0.25, 0.3) is 11.6 Å². The van der Waals surface area contributed by atoms with Crippen molar-refractivity contribution in [2.24, 2.45) is 5.73 Å². The Morgan fingerprint density at radius 3 is 2.78 bits per heavy atom. The Kier molecular flexibility index (Phi) is 4.73. The zero-order chi connectivity index (χ0) is 13.7. The Balaban J connectivity index is 2.97. The summed E-state index contributed by atoms with van der Waals surface area (Å²) >= 11 is 0. The minimum Gasteiger partial charge on any atom is -0.342 e. The van der Waals surface area contributed by atoms with Gasteiger partial charge in [-0.3, -0.25) is 14.9 Å². The van der Waals surface area contributed by atoms with Crippen LogP contribution in [0.2, 0.25) is 0 Å². The minimum atomic E-state index is -0.773. The molecule has 0 radical (unpaired) electrons. The number of nitro groups is 1. The maximum absolute atomic E-state index is 13.5. The van der Waals surface area contributed by atoms with Crippen molar-refractivity contribution in [3.05, 3.63) is 39.7 Å². The highest BCUT2D eigenvalue weighted by atomic mass is 19.1. The van der Waals surface area contributed by atoms with E-state index in [0.29, 0.717) is 19.5 Å². The van der Waals surface area contributed by atoms with Gasteiger partial charge in [0.2, 0.25) is 0 Å². The Morgan fingerprint density at radius 1 is 1.56 bits per heavy atom. The molecule has 7 heteroatoms. The minimum absolute atomic E-state index is 0.302. The summed E-state index contributed by atoms with van der Waals surface area (Å²) in [6.45, 7) is 0.784. The van der Waals surface area contributed by atoms with Gasteiger partial charge >= 0.3 is 0 Å². The van der Waals surface area contributed by atoms with Gasteiger partial charge in [-0.2, -0.15) is 0 Å². The van der Waals surface area contributed by atoms with Gasteiger partial charge in [-0.25, -0.2) is 4.39 Å². The zero-order valence-corrected chi connectivity index (χ0v) is 9.93. The molecule has 0 saturated carbocycles. The SMILES string of the molecule is CN(CCCN)C(=O)c1cc([N+](=O)[O-])ccc1F. The fraction of sp³-hybridized carbons (Fsp3) is 0.364. The third-order valence-corrected chi connectivity index (χ3v) is 2.44. The van der Waals surface area contributed by atoms with E-state index in [1.807, 2.05) is 0 Å². The zero-order valence-electron chi connectivity index (χ0n) is 9.93. The number of carbonyl (C=O) groups is 1. The molecule has 98 valence electrons. The number of hydrogen-bond acceptors (Lipinski definition) is 4. The number of nitrogens with zero attached hydrogens (tertiary/aromatic N) is 2. The summed E-state index contributed by atoms with van der Waals surface area (Å²) in [6, 6.07) is 2.88. The molecule has 0 aromatic heterocycles. The van der Waals surface area contributed by atoms with Crippen LogP contribution >= 0.6 is 0 Å². The van der Waals surface area contributed by atoms with Gasteiger partial charge in [-0.15, -0.1) is 0 Å². The van der Waals surface area contributed by atoms with E-state index in [1.165, 1.54) is 11.9 Å². The number of non-ortho nitro benzene ring substituents is 1. The number of nitrogens with two attached hydrogens (primary N) is 1. The molecule has 0 spiro atoms. The molecule has 1 aromatic rings. The fourth-order valence-corrected chi connectivity index (χ4v) is 1.43. The monoisotopic (exact) mass is 255 g/mol. The van der Waals surface area contributed by atoms with Crippen LogP contribution < -0.4 is 5.73 Å². The van der Waals surface area contributed by atoms with Crippen molar-refractivity contribution < 1.29 is 14.1 Å². The molecular weight excluding hydrogens is 241 g/mol. The highest BCUT2D eigenvalue weighted by Crippen LogP contribution is 2.18. The van der Waals surface area contributed by atoms with Crippen LogP contribution in [-0.4, -0.2) is 35.9 Å². The smallest absolute Gasteiger partial charge is 0.270 e. The fourth-order valence-electron chi connectivity index (χ4n) is 1.43. The molecule has 1 amide bonds. The van der Waals surface area contributed by atoms with E-state index in [1.54, 1.807) is 0 Å². The Morgan fingerprint density at radius 2 is 2.22 bits per heavy atom. The van der Waals surface area contributed by atoms with E-state index in [4.69, 9.17) is 5.73 Å². The Hall–Kier alpha value is -2.02. The third kappa shape index (κ3) is 3.24. The molecule has 2 N–H and O–H groups in total. The second-order valence-corrected chi connectivity index (χ2v) is 3.79. The molecule has 1 rings (SSSR count). The molecular formula is C11H14FN3O3. The maximum atomic E-state index is 13.5. The number of rotatable bonds is 5. The van der Waals surface area contributed by atoms with Crippen molar-refractivity contribution in [1.82, 2.24) is 4.90 Å². The Labute approximate surface area is 103 Å². The molecule has 18 heavy (non-hydrogen) atoms. The highest BCUT2D eigenvalue weighted by molar-refractivity contribution is 5.94. The summed E-state index contributed by atoms with van der Waals surface area (Å²) in [5.41, 5.74) is 4.69. The van der Waals surface area contributed by atoms with Gasteiger partial charge < -0.3 is 10.6 Å². The van der Waals surface area contributed by atoms with Gasteiger partial charge in [-0.05, 0) is 19.0 Å². The average Bonchev–Trinajstić information content (AvgIpc) is 2.35. The van der Waals surface area contributed by atoms with Crippen molar-refractivity contribution in [2.75, 3.05) is 20.1 Å². The lowest BCUT2D eigenvalue weighted by atomic mass is 10.1. The summed E-state index contributed by atoms with van der Waals surface area (Å²) < 4.78 is 13.5.